The van der Waals surface area contributed by atoms with Crippen molar-refractivity contribution in [2.24, 2.45) is 0 Å². The number of anilines is 1. The number of nitro groups is 1. The standard InChI is InChI=1S/C21H19N3O2.ClH/c1-15-3-9-18(10-4-15)22-21(23-19-11-5-16(2)6-12-19)17-7-13-20(14-8-17)24(25)26;/h3-14H,1-2H3,(H,22,23);1H. The molecule has 0 atom stereocenters. The van der Waals surface area contributed by atoms with E-state index in [-0.39, 0.29) is 18.1 Å². The molecule has 3 aromatic rings. The summed E-state index contributed by atoms with van der Waals surface area (Å²) in [5.74, 6) is 0.757. The third-order valence-corrected chi connectivity index (χ3v) is 4.01. The van der Waals surface area contributed by atoms with Gasteiger partial charge < -0.3 is 12.4 Å². The van der Waals surface area contributed by atoms with Crippen molar-refractivity contribution < 1.29 is 22.3 Å². The molecular formula is C21H20ClN3O2. The molecule has 27 heavy (non-hydrogen) atoms. The molecule has 0 aliphatic rings. The van der Waals surface area contributed by atoms with Gasteiger partial charge in [0.2, 0.25) is 0 Å². The van der Waals surface area contributed by atoms with Crippen LogP contribution in [0, 0.1) is 24.0 Å². The van der Waals surface area contributed by atoms with Crippen molar-refractivity contribution in [1.29, 1.82) is 0 Å². The zero-order valence-electron chi connectivity index (χ0n) is 15.1. The number of benzene rings is 3. The molecule has 0 saturated carbocycles. The van der Waals surface area contributed by atoms with Crippen molar-refractivity contribution in [2.45, 2.75) is 13.8 Å². The molecule has 3 aromatic carbocycles. The zero-order valence-corrected chi connectivity index (χ0v) is 15.8. The highest BCUT2D eigenvalue weighted by atomic mass is 35.5. The molecule has 3 rings (SSSR count). The fraction of sp³-hybridized carbons (Fsp3) is 0.0952. The molecule has 0 spiro atoms. The molecule has 138 valence electrons. The summed E-state index contributed by atoms with van der Waals surface area (Å²) in [4.78, 5) is 13.9. The van der Waals surface area contributed by atoms with Crippen molar-refractivity contribution >= 4 is 22.9 Å². The highest BCUT2D eigenvalue weighted by Gasteiger charge is 2.14. The van der Waals surface area contributed by atoms with Crippen molar-refractivity contribution in [2.75, 3.05) is 5.32 Å². The Labute approximate surface area is 164 Å². The lowest BCUT2D eigenvalue weighted by Crippen LogP contribution is -3.00. The molecule has 0 amide bonds. The average Bonchev–Trinajstić information content (AvgIpc) is 2.65. The van der Waals surface area contributed by atoms with E-state index in [4.69, 9.17) is 0 Å². The number of aryl methyl sites for hydroxylation is 2. The van der Waals surface area contributed by atoms with Crippen LogP contribution < -0.4 is 22.7 Å². The minimum atomic E-state index is -0.399. The van der Waals surface area contributed by atoms with Gasteiger partial charge in [0, 0.05) is 12.1 Å². The lowest BCUT2D eigenvalue weighted by molar-refractivity contribution is -0.384. The van der Waals surface area contributed by atoms with E-state index in [2.05, 4.69) is 10.3 Å². The van der Waals surface area contributed by atoms with Crippen molar-refractivity contribution in [3.63, 3.8) is 0 Å². The van der Waals surface area contributed by atoms with Crippen molar-refractivity contribution in [1.82, 2.24) is 0 Å². The second-order valence-electron chi connectivity index (χ2n) is 6.16. The van der Waals surface area contributed by atoms with Crippen LogP contribution in [0.3, 0.4) is 0 Å². The van der Waals surface area contributed by atoms with Crippen LogP contribution in [0.5, 0.6) is 0 Å². The summed E-state index contributed by atoms with van der Waals surface area (Å²) in [5.41, 5.74) is 5.13. The van der Waals surface area contributed by atoms with E-state index in [1.807, 2.05) is 62.4 Å². The predicted molar refractivity (Wildman–Crippen MR) is 104 cm³/mol. The Balaban J connectivity index is 0.00000261. The van der Waals surface area contributed by atoms with Gasteiger partial charge in [-0.1, -0.05) is 35.4 Å². The van der Waals surface area contributed by atoms with E-state index in [1.165, 1.54) is 23.3 Å². The van der Waals surface area contributed by atoms with Crippen LogP contribution in [-0.2, 0) is 0 Å². The van der Waals surface area contributed by atoms with Gasteiger partial charge in [0.05, 0.1) is 10.5 Å². The highest BCUT2D eigenvalue weighted by molar-refractivity contribution is 6.04. The maximum atomic E-state index is 10.9. The summed E-state index contributed by atoms with van der Waals surface area (Å²) in [6.07, 6.45) is 0. The Morgan fingerprint density at radius 3 is 1.89 bits per heavy atom. The van der Waals surface area contributed by atoms with Gasteiger partial charge in [-0.05, 0) is 50.2 Å². The fourth-order valence-corrected chi connectivity index (χ4v) is 2.49. The number of hydrogen-bond donors (Lipinski definition) is 2. The molecule has 0 aromatic heterocycles. The minimum Gasteiger partial charge on any atom is -1.00 e. The first-order valence-electron chi connectivity index (χ1n) is 8.30. The van der Waals surface area contributed by atoms with E-state index in [0.717, 1.165) is 22.8 Å². The third kappa shape index (κ3) is 5.39. The summed E-state index contributed by atoms with van der Waals surface area (Å²) < 4.78 is 0. The first-order chi connectivity index (χ1) is 12.5. The number of nitrogens with one attached hydrogen (secondary N) is 2. The lowest BCUT2D eigenvalue weighted by Gasteiger charge is -2.05. The average molecular weight is 382 g/mol. The fourth-order valence-electron chi connectivity index (χ4n) is 2.49. The van der Waals surface area contributed by atoms with Crippen LogP contribution in [0.2, 0.25) is 0 Å². The SMILES string of the molecule is Cc1ccc(NC(=[NH+]c2ccc(C)cc2)c2ccc([N+](=O)[O-])cc2)cc1.[Cl-]. The molecule has 0 saturated heterocycles. The summed E-state index contributed by atoms with van der Waals surface area (Å²) >= 11 is 0. The molecule has 0 aliphatic heterocycles. The maximum absolute atomic E-state index is 10.9. The first kappa shape index (κ1) is 20.1. The second kappa shape index (κ2) is 8.96. The number of nitrogens with zero attached hydrogens (tertiary/aromatic N) is 1. The zero-order chi connectivity index (χ0) is 18.5. The molecule has 5 nitrogen and oxygen atoms in total. The Morgan fingerprint density at radius 2 is 1.37 bits per heavy atom. The van der Waals surface area contributed by atoms with Crippen LogP contribution in [-0.4, -0.2) is 10.8 Å². The topological polar surface area (TPSA) is 69.1 Å². The summed E-state index contributed by atoms with van der Waals surface area (Å²) in [7, 11) is 0. The molecule has 0 radical (unpaired) electrons. The van der Waals surface area contributed by atoms with Gasteiger partial charge in [0.1, 0.15) is 11.4 Å². The summed E-state index contributed by atoms with van der Waals surface area (Å²) in [5, 5.41) is 14.3. The molecule has 2 N–H and O–H groups in total. The van der Waals surface area contributed by atoms with Crippen LogP contribution in [0.25, 0.3) is 0 Å². The summed E-state index contributed by atoms with van der Waals surface area (Å²) in [6.45, 7) is 4.07. The first-order valence-corrected chi connectivity index (χ1v) is 8.30. The number of nitro benzene ring substituents is 1. The van der Waals surface area contributed by atoms with E-state index >= 15 is 0 Å². The Bertz CT molecular complexity index is 935. The van der Waals surface area contributed by atoms with Gasteiger partial charge in [0.15, 0.2) is 0 Å². The van der Waals surface area contributed by atoms with Crippen LogP contribution in [0.15, 0.2) is 72.8 Å². The van der Waals surface area contributed by atoms with Gasteiger partial charge in [-0.15, -0.1) is 0 Å². The van der Waals surface area contributed by atoms with Gasteiger partial charge in [0.25, 0.3) is 11.5 Å². The van der Waals surface area contributed by atoms with Crippen LogP contribution in [0.1, 0.15) is 16.7 Å². The highest BCUT2D eigenvalue weighted by Crippen LogP contribution is 2.14. The van der Waals surface area contributed by atoms with Crippen molar-refractivity contribution in [3.05, 3.63) is 99.6 Å². The van der Waals surface area contributed by atoms with Crippen LogP contribution >= 0.6 is 0 Å². The maximum Gasteiger partial charge on any atom is 0.285 e. The van der Waals surface area contributed by atoms with E-state index < -0.39 is 4.92 Å². The predicted octanol–water partition coefficient (Wildman–Crippen LogP) is 0.487. The van der Waals surface area contributed by atoms with Gasteiger partial charge in [-0.2, -0.15) is 0 Å². The number of rotatable bonds is 4. The summed E-state index contributed by atoms with van der Waals surface area (Å²) in [6, 6.07) is 22.6. The lowest BCUT2D eigenvalue weighted by atomic mass is 10.1. The van der Waals surface area contributed by atoms with Gasteiger partial charge in [-0.25, -0.2) is 10.3 Å². The Morgan fingerprint density at radius 1 is 0.852 bits per heavy atom. The number of amidine groups is 1. The smallest absolute Gasteiger partial charge is 0.285 e. The molecule has 6 heteroatoms. The minimum absolute atomic E-state index is 0. The van der Waals surface area contributed by atoms with Crippen molar-refractivity contribution in [3.8, 4) is 0 Å². The Kier molecular flexibility index (Phi) is 6.68. The molecule has 0 heterocycles. The number of halogens is 1. The van der Waals surface area contributed by atoms with Gasteiger partial charge in [-0.3, -0.25) is 10.1 Å². The van der Waals surface area contributed by atoms with Gasteiger partial charge >= 0.3 is 0 Å². The number of non-ortho nitro benzene ring substituents is 1. The normalized spacial score (nSPS) is 10.8. The molecular weight excluding hydrogens is 362 g/mol. The largest absolute Gasteiger partial charge is 1.00 e. The molecule has 0 unspecified atom stereocenters. The molecule has 0 aliphatic carbocycles. The molecule has 0 fully saturated rings. The van der Waals surface area contributed by atoms with Crippen LogP contribution in [0.4, 0.5) is 17.1 Å². The second-order valence-corrected chi connectivity index (χ2v) is 6.16. The quantitative estimate of drug-likeness (QED) is 0.299. The van der Waals surface area contributed by atoms with E-state index in [9.17, 15) is 10.1 Å². The monoisotopic (exact) mass is 381 g/mol. The third-order valence-electron chi connectivity index (χ3n) is 4.01. The Hall–Kier alpha value is -3.18. The van der Waals surface area contributed by atoms with E-state index in [0.29, 0.717) is 0 Å². The van der Waals surface area contributed by atoms with E-state index in [1.54, 1.807) is 12.1 Å². The number of hydrogen-bond acceptors (Lipinski definition) is 2. The molecule has 0 bridgehead atoms.